The van der Waals surface area contributed by atoms with Crippen LogP contribution in [0.3, 0.4) is 0 Å². The van der Waals surface area contributed by atoms with Crippen LogP contribution in [0.4, 0.5) is 5.69 Å². The first-order chi connectivity index (χ1) is 10.2. The molecule has 0 aliphatic carbocycles. The molecule has 0 unspecified atom stereocenters. The van der Waals surface area contributed by atoms with Crippen LogP contribution in [-0.4, -0.2) is 18.1 Å². The van der Waals surface area contributed by atoms with Crippen LogP contribution in [0.1, 0.15) is 16.1 Å². The molecule has 3 rings (SSSR count). The number of carbonyl (C=O) groups is 1. The molecular weight excluding hydrogens is 266 g/mol. The van der Waals surface area contributed by atoms with Crippen LogP contribution in [0, 0.1) is 0 Å². The minimum absolute atomic E-state index is 0.0129. The summed E-state index contributed by atoms with van der Waals surface area (Å²) in [5, 5.41) is 10.2. The number of carboxylic acid groups (broad SMARTS) is 1. The van der Waals surface area contributed by atoms with Crippen molar-refractivity contribution in [3.05, 3.63) is 65.9 Å². The largest absolute Gasteiger partial charge is 0.475 e. The quantitative estimate of drug-likeness (QED) is 0.791. The van der Waals surface area contributed by atoms with Gasteiger partial charge in [0.1, 0.15) is 5.58 Å². The topological polar surface area (TPSA) is 53.7 Å². The molecule has 0 fully saturated rings. The molecule has 0 aliphatic heterocycles. The summed E-state index contributed by atoms with van der Waals surface area (Å²) in [5.41, 5.74) is 2.33. The average molecular weight is 281 g/mol. The molecule has 0 saturated heterocycles. The summed E-state index contributed by atoms with van der Waals surface area (Å²) in [5.74, 6) is -1.03. The molecule has 0 saturated carbocycles. The lowest BCUT2D eigenvalue weighted by atomic mass is 10.1. The van der Waals surface area contributed by atoms with Crippen LogP contribution in [0.5, 0.6) is 0 Å². The number of fused-ring (bicyclic) bond motifs is 1. The van der Waals surface area contributed by atoms with Crippen molar-refractivity contribution < 1.29 is 14.3 Å². The number of anilines is 1. The number of para-hydroxylation sites is 2. The maximum absolute atomic E-state index is 11.4. The molecule has 1 aromatic heterocycles. The van der Waals surface area contributed by atoms with Gasteiger partial charge in [-0.15, -0.1) is 0 Å². The Bertz CT molecular complexity index is 777. The number of benzene rings is 2. The first-order valence-corrected chi connectivity index (χ1v) is 6.66. The van der Waals surface area contributed by atoms with E-state index in [4.69, 9.17) is 4.42 Å². The van der Waals surface area contributed by atoms with Crippen molar-refractivity contribution in [3.63, 3.8) is 0 Å². The Balaban J connectivity index is 2.03. The zero-order valence-electron chi connectivity index (χ0n) is 11.6. The zero-order valence-corrected chi connectivity index (χ0v) is 11.6. The SMILES string of the molecule is CN(Cc1c(C(=O)O)oc2ccccc12)c1ccccc1. The van der Waals surface area contributed by atoms with Crippen LogP contribution in [0.25, 0.3) is 11.0 Å². The minimum Gasteiger partial charge on any atom is -0.475 e. The highest BCUT2D eigenvalue weighted by Crippen LogP contribution is 2.28. The average Bonchev–Trinajstić information content (AvgIpc) is 2.87. The van der Waals surface area contributed by atoms with Gasteiger partial charge in [-0.2, -0.15) is 0 Å². The molecule has 21 heavy (non-hydrogen) atoms. The van der Waals surface area contributed by atoms with Gasteiger partial charge in [0.25, 0.3) is 0 Å². The number of hydrogen-bond donors (Lipinski definition) is 1. The van der Waals surface area contributed by atoms with E-state index in [1.165, 1.54) is 0 Å². The van der Waals surface area contributed by atoms with E-state index < -0.39 is 5.97 Å². The Labute approximate surface area is 122 Å². The van der Waals surface area contributed by atoms with Crippen molar-refractivity contribution in [1.82, 2.24) is 0 Å². The third kappa shape index (κ3) is 2.48. The monoisotopic (exact) mass is 281 g/mol. The van der Waals surface area contributed by atoms with E-state index in [2.05, 4.69) is 0 Å². The van der Waals surface area contributed by atoms with Gasteiger partial charge in [-0.3, -0.25) is 0 Å². The van der Waals surface area contributed by atoms with Gasteiger partial charge in [-0.1, -0.05) is 36.4 Å². The maximum atomic E-state index is 11.4. The summed E-state index contributed by atoms with van der Waals surface area (Å²) < 4.78 is 5.47. The second kappa shape index (κ2) is 5.32. The Morgan fingerprint density at radius 3 is 2.48 bits per heavy atom. The molecule has 0 radical (unpaired) electrons. The van der Waals surface area contributed by atoms with Gasteiger partial charge in [-0.25, -0.2) is 4.79 Å². The maximum Gasteiger partial charge on any atom is 0.372 e. The molecule has 1 N–H and O–H groups in total. The lowest BCUT2D eigenvalue weighted by Gasteiger charge is -2.19. The Morgan fingerprint density at radius 2 is 1.76 bits per heavy atom. The van der Waals surface area contributed by atoms with E-state index in [1.807, 2.05) is 60.5 Å². The highest BCUT2D eigenvalue weighted by Gasteiger charge is 2.20. The van der Waals surface area contributed by atoms with Crippen molar-refractivity contribution in [2.24, 2.45) is 0 Å². The smallest absolute Gasteiger partial charge is 0.372 e. The lowest BCUT2D eigenvalue weighted by molar-refractivity contribution is 0.0663. The van der Waals surface area contributed by atoms with E-state index in [9.17, 15) is 9.90 Å². The lowest BCUT2D eigenvalue weighted by Crippen LogP contribution is -2.17. The molecule has 2 aromatic carbocycles. The third-order valence-corrected chi connectivity index (χ3v) is 3.48. The number of carboxylic acids is 1. The molecule has 0 atom stereocenters. The number of rotatable bonds is 4. The van der Waals surface area contributed by atoms with Gasteiger partial charge in [0, 0.05) is 30.2 Å². The standard InChI is InChI=1S/C17H15NO3/c1-18(12-7-3-2-4-8-12)11-14-13-9-5-6-10-15(13)21-16(14)17(19)20/h2-10H,11H2,1H3,(H,19,20). The van der Waals surface area contributed by atoms with E-state index >= 15 is 0 Å². The van der Waals surface area contributed by atoms with Crippen LogP contribution >= 0.6 is 0 Å². The van der Waals surface area contributed by atoms with Crippen molar-refractivity contribution in [2.75, 3.05) is 11.9 Å². The minimum atomic E-state index is -1.04. The predicted molar refractivity (Wildman–Crippen MR) is 81.7 cm³/mol. The molecule has 3 aromatic rings. The molecule has 4 nitrogen and oxygen atoms in total. The molecule has 1 heterocycles. The van der Waals surface area contributed by atoms with Crippen LogP contribution in [0.15, 0.2) is 59.0 Å². The van der Waals surface area contributed by atoms with E-state index in [-0.39, 0.29) is 5.76 Å². The molecule has 0 spiro atoms. The number of hydrogen-bond acceptors (Lipinski definition) is 3. The van der Waals surface area contributed by atoms with Gasteiger partial charge in [0.15, 0.2) is 0 Å². The normalized spacial score (nSPS) is 10.7. The molecule has 0 bridgehead atoms. The molecular formula is C17H15NO3. The first-order valence-electron chi connectivity index (χ1n) is 6.66. The summed E-state index contributed by atoms with van der Waals surface area (Å²) in [6, 6.07) is 17.2. The summed E-state index contributed by atoms with van der Waals surface area (Å²) in [4.78, 5) is 13.4. The van der Waals surface area contributed by atoms with Crippen LogP contribution in [-0.2, 0) is 6.54 Å². The number of nitrogens with zero attached hydrogens (tertiary/aromatic N) is 1. The molecule has 0 amide bonds. The molecule has 0 aliphatic rings. The van der Waals surface area contributed by atoms with E-state index in [1.54, 1.807) is 6.07 Å². The Morgan fingerprint density at radius 1 is 1.10 bits per heavy atom. The summed E-state index contributed by atoms with van der Waals surface area (Å²) in [6.07, 6.45) is 0. The highest BCUT2D eigenvalue weighted by molar-refractivity contribution is 5.95. The number of aromatic carboxylic acids is 1. The fraction of sp³-hybridized carbons (Fsp3) is 0.118. The fourth-order valence-electron chi connectivity index (χ4n) is 2.44. The van der Waals surface area contributed by atoms with Gasteiger partial charge in [0.2, 0.25) is 5.76 Å². The second-order valence-electron chi connectivity index (χ2n) is 4.90. The second-order valence-corrected chi connectivity index (χ2v) is 4.90. The van der Waals surface area contributed by atoms with Gasteiger partial charge in [0.05, 0.1) is 0 Å². The molecule has 106 valence electrons. The zero-order chi connectivity index (χ0) is 14.8. The number of furan rings is 1. The third-order valence-electron chi connectivity index (χ3n) is 3.48. The summed E-state index contributed by atoms with van der Waals surface area (Å²) in [7, 11) is 1.93. The predicted octanol–water partition coefficient (Wildman–Crippen LogP) is 3.77. The van der Waals surface area contributed by atoms with E-state index in [0.29, 0.717) is 17.7 Å². The van der Waals surface area contributed by atoms with Crippen LogP contribution in [0.2, 0.25) is 0 Å². The van der Waals surface area contributed by atoms with Gasteiger partial charge < -0.3 is 14.4 Å². The van der Waals surface area contributed by atoms with Crippen molar-refractivity contribution in [3.8, 4) is 0 Å². The van der Waals surface area contributed by atoms with Crippen molar-refractivity contribution in [2.45, 2.75) is 6.54 Å². The Kier molecular flexibility index (Phi) is 3.36. The summed E-state index contributed by atoms with van der Waals surface area (Å²) >= 11 is 0. The first kappa shape index (κ1) is 13.2. The molecule has 4 heteroatoms. The Hall–Kier alpha value is -2.75. The van der Waals surface area contributed by atoms with Gasteiger partial charge in [-0.05, 0) is 18.2 Å². The van der Waals surface area contributed by atoms with Crippen LogP contribution < -0.4 is 4.90 Å². The van der Waals surface area contributed by atoms with Crippen molar-refractivity contribution in [1.29, 1.82) is 0 Å². The highest BCUT2D eigenvalue weighted by atomic mass is 16.4. The fourth-order valence-corrected chi connectivity index (χ4v) is 2.44. The van der Waals surface area contributed by atoms with Gasteiger partial charge >= 0.3 is 5.97 Å². The van der Waals surface area contributed by atoms with E-state index in [0.717, 1.165) is 11.1 Å². The van der Waals surface area contributed by atoms with Crippen molar-refractivity contribution >= 4 is 22.6 Å². The summed E-state index contributed by atoms with van der Waals surface area (Å²) in [6.45, 7) is 0.475.